The first-order valence-electron chi connectivity index (χ1n) is 11.5. The molecule has 1 aromatic heterocycles. The third-order valence-electron chi connectivity index (χ3n) is 6.31. The molecule has 8 nitrogen and oxygen atoms in total. The Labute approximate surface area is 200 Å². The number of aromatic nitrogens is 1. The molecule has 0 saturated heterocycles. The zero-order chi connectivity index (χ0) is 23.4. The van der Waals surface area contributed by atoms with Crippen LogP contribution in [0.1, 0.15) is 38.5 Å². The molecule has 2 heterocycles. The Balaban J connectivity index is 1.66. The number of aryl methyl sites for hydroxylation is 1. The summed E-state index contributed by atoms with van der Waals surface area (Å²) in [5, 5.41) is 5.59. The highest BCUT2D eigenvalue weighted by Gasteiger charge is 2.33. The number of hydrogen-bond donors (Lipinski definition) is 2. The van der Waals surface area contributed by atoms with Crippen molar-refractivity contribution in [3.8, 4) is 5.75 Å². The van der Waals surface area contributed by atoms with E-state index >= 15 is 0 Å². The first kappa shape index (κ1) is 23.3. The second kappa shape index (κ2) is 10.4. The lowest BCUT2D eigenvalue weighted by molar-refractivity contribution is -0.671. The lowest BCUT2D eigenvalue weighted by Gasteiger charge is -2.39. The van der Waals surface area contributed by atoms with Gasteiger partial charge in [0.2, 0.25) is 12.2 Å². The van der Waals surface area contributed by atoms with Crippen LogP contribution in [0.4, 0.5) is 11.4 Å². The zero-order valence-corrected chi connectivity index (χ0v) is 20.3. The van der Waals surface area contributed by atoms with E-state index in [4.69, 9.17) is 32.2 Å². The van der Waals surface area contributed by atoms with Crippen LogP contribution >= 0.6 is 11.6 Å². The Morgan fingerprint density at radius 2 is 1.85 bits per heavy atom. The summed E-state index contributed by atoms with van der Waals surface area (Å²) in [5.74, 6) is 9.02. The van der Waals surface area contributed by atoms with E-state index in [1.54, 1.807) is 12.1 Å². The molecule has 1 saturated carbocycles. The van der Waals surface area contributed by atoms with Gasteiger partial charge in [0, 0.05) is 30.8 Å². The molecule has 9 heteroatoms. The molecule has 1 aromatic carbocycles. The standard InChI is InChI=1S/C24H33ClN7O/c1-30-14-12-19(13-15-30)31(2)24-29-23(27-18-10-11-21(33-3)20(25)16-18)28-22(32(24)26)17-8-6-4-5-7-9-17/h10-17,24H,4-9,26H2,1-3H3,(H,27,29)/q+1. The molecule has 1 aliphatic carbocycles. The fourth-order valence-electron chi connectivity index (χ4n) is 4.39. The maximum Gasteiger partial charge on any atom is 0.228 e. The minimum atomic E-state index is -0.426. The van der Waals surface area contributed by atoms with Crippen LogP contribution in [0.2, 0.25) is 5.02 Å². The minimum Gasteiger partial charge on any atom is -0.495 e. The first-order valence-corrected chi connectivity index (χ1v) is 11.8. The van der Waals surface area contributed by atoms with Gasteiger partial charge in [0.1, 0.15) is 18.6 Å². The summed E-state index contributed by atoms with van der Waals surface area (Å²) >= 11 is 6.33. The van der Waals surface area contributed by atoms with E-state index in [0.717, 1.165) is 30.1 Å². The second-order valence-corrected chi connectivity index (χ2v) is 9.08. The Morgan fingerprint density at radius 1 is 1.15 bits per heavy atom. The number of methoxy groups -OCH3 is 1. The largest absolute Gasteiger partial charge is 0.495 e. The zero-order valence-electron chi connectivity index (χ0n) is 19.5. The van der Waals surface area contributed by atoms with Crippen molar-refractivity contribution in [2.45, 2.75) is 44.8 Å². The molecule has 1 atom stereocenters. The molecule has 0 radical (unpaired) electrons. The summed E-state index contributed by atoms with van der Waals surface area (Å²) in [6.07, 6.45) is 10.7. The van der Waals surface area contributed by atoms with Crippen LogP contribution in [0.25, 0.3) is 0 Å². The van der Waals surface area contributed by atoms with Crippen LogP contribution < -0.4 is 25.4 Å². The molecule has 3 N–H and O–H groups in total. The number of hydrazine groups is 1. The van der Waals surface area contributed by atoms with E-state index in [2.05, 4.69) is 22.3 Å². The van der Waals surface area contributed by atoms with Crippen LogP contribution in [0.15, 0.2) is 52.7 Å². The van der Waals surface area contributed by atoms with Gasteiger partial charge in [-0.2, -0.15) is 4.99 Å². The molecule has 1 fully saturated rings. The summed E-state index contributed by atoms with van der Waals surface area (Å²) < 4.78 is 7.27. The Bertz CT molecular complexity index is 1020. The number of pyridine rings is 1. The number of nitrogens with two attached hydrogens (primary N) is 1. The number of guanidine groups is 1. The number of benzene rings is 1. The van der Waals surface area contributed by atoms with Gasteiger partial charge in [0.25, 0.3) is 0 Å². The highest BCUT2D eigenvalue weighted by molar-refractivity contribution is 6.32. The van der Waals surface area contributed by atoms with Crippen LogP contribution in [0.3, 0.4) is 0 Å². The van der Waals surface area contributed by atoms with Crippen LogP contribution in [-0.4, -0.2) is 37.3 Å². The lowest BCUT2D eigenvalue weighted by Crippen LogP contribution is -2.57. The molecule has 0 spiro atoms. The van der Waals surface area contributed by atoms with Gasteiger partial charge in [-0.15, -0.1) is 0 Å². The molecule has 2 aromatic rings. The van der Waals surface area contributed by atoms with E-state index in [9.17, 15) is 0 Å². The second-order valence-electron chi connectivity index (χ2n) is 8.67. The summed E-state index contributed by atoms with van der Waals surface area (Å²) in [6, 6.07) is 9.65. The molecule has 1 unspecified atom stereocenters. The molecular formula is C24H33ClN7O+. The van der Waals surface area contributed by atoms with Gasteiger partial charge >= 0.3 is 0 Å². The van der Waals surface area contributed by atoms with Crippen molar-refractivity contribution < 1.29 is 9.30 Å². The van der Waals surface area contributed by atoms with E-state index in [1.807, 2.05) is 49.3 Å². The summed E-state index contributed by atoms with van der Waals surface area (Å²) in [4.78, 5) is 11.8. The number of nitrogens with one attached hydrogen (secondary N) is 1. The average molecular weight is 471 g/mol. The number of ether oxygens (including phenoxy) is 1. The van der Waals surface area contributed by atoms with Gasteiger partial charge in [0.15, 0.2) is 12.4 Å². The van der Waals surface area contributed by atoms with Crippen molar-refractivity contribution in [3.63, 3.8) is 0 Å². The maximum absolute atomic E-state index is 6.67. The van der Waals surface area contributed by atoms with Crippen LogP contribution in [0.5, 0.6) is 5.75 Å². The molecule has 176 valence electrons. The topological polar surface area (TPSA) is 82.4 Å². The predicted octanol–water partition coefficient (Wildman–Crippen LogP) is 3.92. The normalized spacial score (nSPS) is 19.4. The van der Waals surface area contributed by atoms with Gasteiger partial charge in [-0.3, -0.25) is 5.01 Å². The van der Waals surface area contributed by atoms with Gasteiger partial charge in [-0.25, -0.2) is 15.4 Å². The fraction of sp³-hybridized carbons (Fsp3) is 0.458. The molecule has 1 aliphatic heterocycles. The third kappa shape index (κ3) is 5.39. The predicted molar refractivity (Wildman–Crippen MR) is 134 cm³/mol. The van der Waals surface area contributed by atoms with Gasteiger partial charge in [0.05, 0.1) is 17.8 Å². The SMILES string of the molecule is COc1ccc(NC2=NC(N(C)c3cc[n+](C)cc3)N(N)C(C3CCCCCC3)=N2)cc1Cl. The van der Waals surface area contributed by atoms with Gasteiger partial charge in [-0.05, 0) is 31.0 Å². The number of aliphatic imine (C=N–C) groups is 2. The lowest BCUT2D eigenvalue weighted by atomic mass is 9.98. The van der Waals surface area contributed by atoms with Crippen LogP contribution in [0, 0.1) is 5.92 Å². The minimum absolute atomic E-state index is 0.314. The number of nitrogens with zero attached hydrogens (tertiary/aromatic N) is 5. The third-order valence-corrected chi connectivity index (χ3v) is 6.61. The van der Waals surface area contributed by atoms with E-state index in [0.29, 0.717) is 22.6 Å². The van der Waals surface area contributed by atoms with Crippen molar-refractivity contribution in [3.05, 3.63) is 47.7 Å². The van der Waals surface area contributed by atoms with Crippen molar-refractivity contribution in [1.29, 1.82) is 0 Å². The first-order chi connectivity index (χ1) is 16.0. The summed E-state index contributed by atoms with van der Waals surface area (Å²) in [7, 11) is 5.60. The molecule has 0 amide bonds. The van der Waals surface area contributed by atoms with Crippen molar-refractivity contribution in [2.75, 3.05) is 24.4 Å². The number of amidine groups is 1. The number of rotatable bonds is 5. The Kier molecular flexibility index (Phi) is 7.35. The molecule has 33 heavy (non-hydrogen) atoms. The Hall–Kier alpha value is -2.84. The van der Waals surface area contributed by atoms with Crippen molar-refractivity contribution in [2.24, 2.45) is 28.8 Å². The van der Waals surface area contributed by atoms with Crippen LogP contribution in [-0.2, 0) is 7.05 Å². The average Bonchev–Trinajstić information content (AvgIpc) is 3.10. The van der Waals surface area contributed by atoms with Crippen molar-refractivity contribution >= 4 is 34.8 Å². The van der Waals surface area contributed by atoms with E-state index in [1.165, 1.54) is 25.7 Å². The van der Waals surface area contributed by atoms with E-state index in [-0.39, 0.29) is 0 Å². The summed E-state index contributed by atoms with van der Waals surface area (Å²) in [6.45, 7) is 0. The van der Waals surface area contributed by atoms with Gasteiger partial charge < -0.3 is 15.0 Å². The molecular weight excluding hydrogens is 438 g/mol. The monoisotopic (exact) mass is 470 g/mol. The number of anilines is 2. The molecule has 0 bridgehead atoms. The smallest absolute Gasteiger partial charge is 0.228 e. The molecule has 2 aliphatic rings. The van der Waals surface area contributed by atoms with E-state index < -0.39 is 6.29 Å². The highest BCUT2D eigenvalue weighted by atomic mass is 35.5. The summed E-state index contributed by atoms with van der Waals surface area (Å²) in [5.41, 5.74) is 1.81. The van der Waals surface area contributed by atoms with Crippen molar-refractivity contribution in [1.82, 2.24) is 5.01 Å². The Morgan fingerprint density at radius 3 is 2.48 bits per heavy atom. The maximum atomic E-state index is 6.67. The van der Waals surface area contributed by atoms with Gasteiger partial charge in [-0.1, -0.05) is 37.3 Å². The number of halogens is 1. The quantitative estimate of drug-likeness (QED) is 0.393. The number of hydrogen-bond acceptors (Lipinski definition) is 7. The molecule has 4 rings (SSSR count). The fourth-order valence-corrected chi connectivity index (χ4v) is 4.65. The highest BCUT2D eigenvalue weighted by Crippen LogP contribution is 2.30.